The zero-order valence-electron chi connectivity index (χ0n) is 17.1. The molecule has 3 rings (SSSR count). The minimum absolute atomic E-state index is 0.00140. The molecule has 0 radical (unpaired) electrons. The van der Waals surface area contributed by atoms with Crippen LogP contribution in [0.4, 0.5) is 5.13 Å². The molecule has 0 bridgehead atoms. The highest BCUT2D eigenvalue weighted by molar-refractivity contribution is 7.14. The molecule has 0 aliphatic carbocycles. The molecule has 7 heteroatoms. The van der Waals surface area contributed by atoms with E-state index in [0.717, 1.165) is 29.7 Å². The lowest BCUT2D eigenvalue weighted by molar-refractivity contribution is -0.119. The zero-order valence-corrected chi connectivity index (χ0v) is 17.9. The van der Waals surface area contributed by atoms with Crippen molar-refractivity contribution >= 4 is 28.3 Å². The van der Waals surface area contributed by atoms with Crippen LogP contribution in [-0.2, 0) is 16.0 Å². The minimum atomic E-state index is -0.244. The predicted molar refractivity (Wildman–Crippen MR) is 120 cm³/mol. The summed E-state index contributed by atoms with van der Waals surface area (Å²) in [7, 11) is 0. The summed E-state index contributed by atoms with van der Waals surface area (Å²) >= 11 is 1.38. The van der Waals surface area contributed by atoms with Gasteiger partial charge in [-0.2, -0.15) is 0 Å². The number of ether oxygens (including phenoxy) is 1. The van der Waals surface area contributed by atoms with Crippen LogP contribution in [0.3, 0.4) is 0 Å². The zero-order chi connectivity index (χ0) is 21.3. The Hall–Kier alpha value is -3.19. The maximum absolute atomic E-state index is 12.1. The molecule has 1 heterocycles. The molecular weight excluding hydrogens is 398 g/mol. The van der Waals surface area contributed by atoms with Gasteiger partial charge >= 0.3 is 0 Å². The van der Waals surface area contributed by atoms with Crippen LogP contribution >= 0.6 is 11.3 Å². The molecule has 0 spiro atoms. The molecule has 1 aromatic heterocycles. The Balaban J connectivity index is 1.48. The summed E-state index contributed by atoms with van der Waals surface area (Å²) in [5, 5.41) is 8.04. The van der Waals surface area contributed by atoms with Gasteiger partial charge in [-0.05, 0) is 37.5 Å². The van der Waals surface area contributed by atoms with Crippen LogP contribution in [0.1, 0.15) is 24.5 Å². The second-order valence-electron chi connectivity index (χ2n) is 6.97. The monoisotopic (exact) mass is 423 g/mol. The first-order chi connectivity index (χ1) is 14.5. The molecule has 6 nitrogen and oxygen atoms in total. The first-order valence-electron chi connectivity index (χ1n) is 9.78. The Kier molecular flexibility index (Phi) is 7.57. The van der Waals surface area contributed by atoms with Crippen LogP contribution in [0, 0.1) is 6.92 Å². The molecule has 0 saturated carbocycles. The highest BCUT2D eigenvalue weighted by Gasteiger charge is 2.09. The number of amides is 2. The molecule has 0 atom stereocenters. The van der Waals surface area contributed by atoms with E-state index in [0.29, 0.717) is 17.4 Å². The van der Waals surface area contributed by atoms with E-state index in [4.69, 9.17) is 4.74 Å². The number of aryl methyl sites for hydroxylation is 2. The van der Waals surface area contributed by atoms with E-state index in [1.54, 1.807) is 0 Å². The first-order valence-corrected chi connectivity index (χ1v) is 10.7. The molecule has 3 aromatic rings. The highest BCUT2D eigenvalue weighted by atomic mass is 32.1. The van der Waals surface area contributed by atoms with Crippen molar-refractivity contribution in [3.63, 3.8) is 0 Å². The maximum Gasteiger partial charge on any atom is 0.264 e. The standard InChI is InChI=1S/C23H25N3O3S/c1-16-5-11-20(12-6-16)29-14-22(28)26-23-25-21(15-30-23)19-9-7-18(8-10-19)4-3-13-24-17(2)27/h5-12,15H,3-4,13-14H2,1-2H3,(H,24,27)(H,25,26,28). The number of nitrogens with zero attached hydrogens (tertiary/aromatic N) is 1. The van der Waals surface area contributed by atoms with Crippen LogP contribution in [0.15, 0.2) is 53.9 Å². The van der Waals surface area contributed by atoms with Crippen LogP contribution in [-0.4, -0.2) is 29.9 Å². The fraction of sp³-hybridized carbons (Fsp3) is 0.261. The van der Waals surface area contributed by atoms with Gasteiger partial charge in [-0.25, -0.2) is 4.98 Å². The van der Waals surface area contributed by atoms with Crippen molar-refractivity contribution in [1.82, 2.24) is 10.3 Å². The lowest BCUT2D eigenvalue weighted by Gasteiger charge is -2.06. The summed E-state index contributed by atoms with van der Waals surface area (Å²) < 4.78 is 5.49. The van der Waals surface area contributed by atoms with E-state index in [9.17, 15) is 9.59 Å². The van der Waals surface area contributed by atoms with Crippen molar-refractivity contribution < 1.29 is 14.3 Å². The number of thiazole rings is 1. The van der Waals surface area contributed by atoms with Gasteiger partial charge < -0.3 is 10.1 Å². The number of carbonyl (C=O) groups excluding carboxylic acids is 2. The number of carbonyl (C=O) groups is 2. The number of anilines is 1. The predicted octanol–water partition coefficient (Wildman–Crippen LogP) is 4.20. The van der Waals surface area contributed by atoms with Gasteiger partial charge in [0.05, 0.1) is 5.69 Å². The van der Waals surface area contributed by atoms with Crippen molar-refractivity contribution in [2.24, 2.45) is 0 Å². The number of aromatic nitrogens is 1. The van der Waals surface area contributed by atoms with E-state index in [1.165, 1.54) is 23.8 Å². The average molecular weight is 424 g/mol. The van der Waals surface area contributed by atoms with Crippen LogP contribution in [0.2, 0.25) is 0 Å². The number of nitrogens with one attached hydrogen (secondary N) is 2. The molecule has 0 aliphatic rings. The van der Waals surface area contributed by atoms with E-state index in [-0.39, 0.29) is 18.4 Å². The molecule has 156 valence electrons. The topological polar surface area (TPSA) is 80.3 Å². The fourth-order valence-corrected chi connectivity index (χ4v) is 3.54. The van der Waals surface area contributed by atoms with E-state index in [2.05, 4.69) is 27.8 Å². The van der Waals surface area contributed by atoms with Gasteiger partial charge in [0, 0.05) is 24.4 Å². The lowest BCUT2D eigenvalue weighted by atomic mass is 10.1. The third kappa shape index (κ3) is 6.70. The second-order valence-corrected chi connectivity index (χ2v) is 7.83. The fourth-order valence-electron chi connectivity index (χ4n) is 2.80. The van der Waals surface area contributed by atoms with E-state index in [1.807, 2.05) is 48.7 Å². The number of hydrogen-bond acceptors (Lipinski definition) is 5. The molecular formula is C23H25N3O3S. The Bertz CT molecular complexity index is 982. The van der Waals surface area contributed by atoms with Crippen molar-refractivity contribution in [3.8, 4) is 17.0 Å². The summed E-state index contributed by atoms with van der Waals surface area (Å²) in [5.41, 5.74) is 4.16. The van der Waals surface area contributed by atoms with Gasteiger partial charge in [0.1, 0.15) is 5.75 Å². The average Bonchev–Trinajstić information content (AvgIpc) is 3.19. The molecule has 0 unspecified atom stereocenters. The third-order valence-corrected chi connectivity index (χ3v) is 5.17. The Morgan fingerprint density at radius 3 is 2.50 bits per heavy atom. The third-order valence-electron chi connectivity index (χ3n) is 4.41. The molecule has 0 saturated heterocycles. The maximum atomic E-state index is 12.1. The molecule has 0 aliphatic heterocycles. The van der Waals surface area contributed by atoms with Crippen molar-refractivity contribution in [3.05, 3.63) is 65.0 Å². The molecule has 30 heavy (non-hydrogen) atoms. The normalized spacial score (nSPS) is 10.5. The van der Waals surface area contributed by atoms with Crippen molar-refractivity contribution in [2.75, 3.05) is 18.5 Å². The lowest BCUT2D eigenvalue weighted by Crippen LogP contribution is -2.21. The van der Waals surface area contributed by atoms with Gasteiger partial charge in [-0.3, -0.25) is 14.9 Å². The summed E-state index contributed by atoms with van der Waals surface area (Å²) in [4.78, 5) is 27.5. The quantitative estimate of drug-likeness (QED) is 0.506. The van der Waals surface area contributed by atoms with Crippen LogP contribution in [0.25, 0.3) is 11.3 Å². The Morgan fingerprint density at radius 2 is 1.80 bits per heavy atom. The van der Waals surface area contributed by atoms with Crippen LogP contribution < -0.4 is 15.4 Å². The molecule has 2 N–H and O–H groups in total. The summed E-state index contributed by atoms with van der Waals surface area (Å²) in [6.07, 6.45) is 1.80. The summed E-state index contributed by atoms with van der Waals surface area (Å²) in [6, 6.07) is 15.7. The molecule has 2 amide bonds. The molecule has 2 aromatic carbocycles. The number of rotatable bonds is 9. The van der Waals surface area contributed by atoms with Crippen LogP contribution in [0.5, 0.6) is 5.75 Å². The first kappa shape index (κ1) is 21.5. The SMILES string of the molecule is CC(=O)NCCCc1ccc(-c2csc(NC(=O)COc3ccc(C)cc3)n2)cc1. The van der Waals surface area contributed by atoms with Gasteiger partial charge in [0.15, 0.2) is 11.7 Å². The minimum Gasteiger partial charge on any atom is -0.484 e. The van der Waals surface area contributed by atoms with Crippen molar-refractivity contribution in [2.45, 2.75) is 26.7 Å². The molecule has 0 fully saturated rings. The Labute approximate surface area is 180 Å². The van der Waals surface area contributed by atoms with Gasteiger partial charge in [-0.1, -0.05) is 42.0 Å². The van der Waals surface area contributed by atoms with Gasteiger partial charge in [-0.15, -0.1) is 11.3 Å². The summed E-state index contributed by atoms with van der Waals surface area (Å²) in [6.45, 7) is 4.14. The largest absolute Gasteiger partial charge is 0.484 e. The van der Waals surface area contributed by atoms with E-state index < -0.39 is 0 Å². The second kappa shape index (κ2) is 10.5. The Morgan fingerprint density at radius 1 is 1.07 bits per heavy atom. The van der Waals surface area contributed by atoms with Crippen molar-refractivity contribution in [1.29, 1.82) is 0 Å². The van der Waals surface area contributed by atoms with Gasteiger partial charge in [0.25, 0.3) is 5.91 Å². The number of benzene rings is 2. The summed E-state index contributed by atoms with van der Waals surface area (Å²) in [5.74, 6) is 0.414. The smallest absolute Gasteiger partial charge is 0.264 e. The highest BCUT2D eigenvalue weighted by Crippen LogP contribution is 2.25. The van der Waals surface area contributed by atoms with Gasteiger partial charge in [0.2, 0.25) is 5.91 Å². The number of hydrogen-bond donors (Lipinski definition) is 2. The van der Waals surface area contributed by atoms with E-state index >= 15 is 0 Å².